The molecule has 152 valence electrons. The van der Waals surface area contributed by atoms with Crippen molar-refractivity contribution in [2.24, 2.45) is 7.05 Å². The number of aryl methyl sites for hydroxylation is 3. The van der Waals surface area contributed by atoms with Crippen LogP contribution in [0, 0.1) is 13.8 Å². The van der Waals surface area contributed by atoms with Crippen molar-refractivity contribution < 1.29 is 14.2 Å². The predicted octanol–water partition coefficient (Wildman–Crippen LogP) is 3.82. The zero-order chi connectivity index (χ0) is 20.5. The fourth-order valence-corrected chi connectivity index (χ4v) is 2.71. The summed E-state index contributed by atoms with van der Waals surface area (Å²) in [6, 6.07) is 0. The fourth-order valence-electron chi connectivity index (χ4n) is 2.71. The summed E-state index contributed by atoms with van der Waals surface area (Å²) in [5.74, 6) is 1.99. The highest BCUT2D eigenvalue weighted by atomic mass is 16.5. The Morgan fingerprint density at radius 2 is 1.93 bits per heavy atom. The van der Waals surface area contributed by atoms with Gasteiger partial charge < -0.3 is 14.2 Å². The SMILES string of the molecule is C=C/C(=C\C=C(/C)OCCOc1nc(C)nc2c(C)nn(C)c12)CCOCC. The molecule has 0 saturated carbocycles. The van der Waals surface area contributed by atoms with Crippen molar-refractivity contribution in [3.8, 4) is 5.88 Å². The van der Waals surface area contributed by atoms with Crippen LogP contribution in [-0.4, -0.2) is 46.2 Å². The number of aromatic nitrogens is 4. The number of nitrogens with zero attached hydrogens (tertiary/aromatic N) is 4. The quantitative estimate of drug-likeness (QED) is 0.332. The lowest BCUT2D eigenvalue weighted by Gasteiger charge is -2.09. The van der Waals surface area contributed by atoms with Crippen molar-refractivity contribution >= 4 is 11.0 Å². The molecule has 2 heterocycles. The van der Waals surface area contributed by atoms with Gasteiger partial charge in [-0.15, -0.1) is 0 Å². The van der Waals surface area contributed by atoms with Crippen LogP contribution in [-0.2, 0) is 16.5 Å². The second kappa shape index (κ2) is 10.6. The molecule has 2 aromatic rings. The molecule has 7 heteroatoms. The largest absolute Gasteiger partial charge is 0.495 e. The number of rotatable bonds is 11. The van der Waals surface area contributed by atoms with Gasteiger partial charge in [0.2, 0.25) is 5.88 Å². The summed E-state index contributed by atoms with van der Waals surface area (Å²) in [5, 5.41) is 4.39. The van der Waals surface area contributed by atoms with E-state index in [1.807, 2.05) is 53.0 Å². The molecular formula is C21H30N4O3. The van der Waals surface area contributed by atoms with Gasteiger partial charge in [-0.05, 0) is 45.8 Å². The highest BCUT2D eigenvalue weighted by molar-refractivity contribution is 5.82. The Balaban J connectivity index is 1.90. The van der Waals surface area contributed by atoms with Gasteiger partial charge in [0.05, 0.1) is 18.1 Å². The molecular weight excluding hydrogens is 356 g/mol. The summed E-state index contributed by atoms with van der Waals surface area (Å²) in [6.45, 7) is 13.7. The van der Waals surface area contributed by atoms with Crippen LogP contribution in [0.3, 0.4) is 0 Å². The number of fused-ring (bicyclic) bond motifs is 1. The Labute approximate surface area is 166 Å². The van der Waals surface area contributed by atoms with Gasteiger partial charge in [-0.1, -0.05) is 18.7 Å². The smallest absolute Gasteiger partial charge is 0.243 e. The molecule has 0 bridgehead atoms. The second-order valence-corrected chi connectivity index (χ2v) is 6.35. The second-order valence-electron chi connectivity index (χ2n) is 6.35. The molecule has 0 spiro atoms. The van der Waals surface area contributed by atoms with E-state index in [1.54, 1.807) is 4.68 Å². The lowest BCUT2D eigenvalue weighted by molar-refractivity contribution is 0.151. The zero-order valence-corrected chi connectivity index (χ0v) is 17.5. The van der Waals surface area contributed by atoms with Crippen molar-refractivity contribution in [1.29, 1.82) is 0 Å². The van der Waals surface area contributed by atoms with Gasteiger partial charge in [0.15, 0.2) is 0 Å². The van der Waals surface area contributed by atoms with Crippen LogP contribution in [0.1, 0.15) is 31.8 Å². The first-order valence-corrected chi connectivity index (χ1v) is 9.47. The van der Waals surface area contributed by atoms with E-state index in [0.29, 0.717) is 31.5 Å². The molecule has 0 aliphatic carbocycles. The van der Waals surface area contributed by atoms with Crippen molar-refractivity contribution in [2.45, 2.75) is 34.1 Å². The Bertz CT molecular complexity index is 868. The van der Waals surface area contributed by atoms with Crippen LogP contribution in [0.2, 0.25) is 0 Å². The van der Waals surface area contributed by atoms with Gasteiger partial charge in [-0.25, -0.2) is 4.98 Å². The molecule has 0 N–H and O–H groups in total. The molecule has 28 heavy (non-hydrogen) atoms. The third kappa shape index (κ3) is 5.92. The average Bonchev–Trinajstić information content (AvgIpc) is 2.95. The van der Waals surface area contributed by atoms with E-state index in [1.165, 1.54) is 0 Å². The topological polar surface area (TPSA) is 71.3 Å². The molecule has 2 aromatic heterocycles. The summed E-state index contributed by atoms with van der Waals surface area (Å²) < 4.78 is 18.7. The van der Waals surface area contributed by atoms with E-state index >= 15 is 0 Å². The van der Waals surface area contributed by atoms with Crippen molar-refractivity contribution in [3.63, 3.8) is 0 Å². The lowest BCUT2D eigenvalue weighted by atomic mass is 10.2. The third-order valence-electron chi connectivity index (χ3n) is 4.12. The summed E-state index contributed by atoms with van der Waals surface area (Å²) in [7, 11) is 1.86. The maximum atomic E-state index is 5.84. The van der Waals surface area contributed by atoms with Crippen molar-refractivity contribution in [3.05, 3.63) is 47.7 Å². The maximum absolute atomic E-state index is 5.84. The number of allylic oxidation sites excluding steroid dienone is 4. The van der Waals surface area contributed by atoms with E-state index in [0.717, 1.165) is 41.1 Å². The predicted molar refractivity (Wildman–Crippen MR) is 110 cm³/mol. The lowest BCUT2D eigenvalue weighted by Crippen LogP contribution is -2.09. The van der Waals surface area contributed by atoms with Crippen LogP contribution >= 0.6 is 0 Å². The molecule has 0 fully saturated rings. The van der Waals surface area contributed by atoms with Crippen LogP contribution in [0.5, 0.6) is 5.88 Å². The highest BCUT2D eigenvalue weighted by Gasteiger charge is 2.14. The molecule has 0 saturated heterocycles. The Morgan fingerprint density at radius 3 is 2.64 bits per heavy atom. The van der Waals surface area contributed by atoms with E-state index in [9.17, 15) is 0 Å². The third-order valence-corrected chi connectivity index (χ3v) is 4.12. The van der Waals surface area contributed by atoms with E-state index < -0.39 is 0 Å². The number of ether oxygens (including phenoxy) is 3. The molecule has 0 amide bonds. The summed E-state index contributed by atoms with van der Waals surface area (Å²) >= 11 is 0. The Kier molecular flexibility index (Phi) is 8.19. The van der Waals surface area contributed by atoms with Gasteiger partial charge >= 0.3 is 0 Å². The molecule has 0 aliphatic rings. The zero-order valence-electron chi connectivity index (χ0n) is 17.5. The van der Waals surface area contributed by atoms with Crippen molar-refractivity contribution in [1.82, 2.24) is 19.7 Å². The van der Waals surface area contributed by atoms with Gasteiger partial charge in [0.1, 0.15) is 30.1 Å². The summed E-state index contributed by atoms with van der Waals surface area (Å²) in [4.78, 5) is 8.85. The standard InChI is InChI=1S/C21H30N4O3/c1-7-18(11-12-26-8-2)10-9-15(3)27-13-14-28-21-20-19(22-17(5)23-21)16(4)24-25(20)6/h7,9-10H,1,8,11-14H2,2-6H3/b15-9+,18-10+. The minimum atomic E-state index is 0.378. The Morgan fingerprint density at radius 1 is 1.14 bits per heavy atom. The fraction of sp³-hybridized carbons (Fsp3) is 0.476. The van der Waals surface area contributed by atoms with E-state index in [4.69, 9.17) is 14.2 Å². The molecule has 0 aromatic carbocycles. The first kappa shape index (κ1) is 21.6. The summed E-state index contributed by atoms with van der Waals surface area (Å²) in [6.07, 6.45) is 6.60. The molecule has 7 nitrogen and oxygen atoms in total. The Hall–Kier alpha value is -2.67. The van der Waals surface area contributed by atoms with Crippen LogP contribution in [0.25, 0.3) is 11.0 Å². The molecule has 0 radical (unpaired) electrons. The van der Waals surface area contributed by atoms with Crippen molar-refractivity contribution in [2.75, 3.05) is 26.4 Å². The normalized spacial score (nSPS) is 12.5. The van der Waals surface area contributed by atoms with Gasteiger partial charge in [0, 0.05) is 13.7 Å². The monoisotopic (exact) mass is 386 g/mol. The summed E-state index contributed by atoms with van der Waals surface area (Å²) in [5.41, 5.74) is 3.58. The number of hydrogen-bond donors (Lipinski definition) is 0. The minimum Gasteiger partial charge on any atom is -0.495 e. The first-order chi connectivity index (χ1) is 13.5. The average molecular weight is 386 g/mol. The van der Waals surface area contributed by atoms with E-state index in [2.05, 4.69) is 21.6 Å². The molecule has 0 unspecified atom stereocenters. The van der Waals surface area contributed by atoms with Crippen LogP contribution < -0.4 is 4.74 Å². The number of hydrogen-bond acceptors (Lipinski definition) is 6. The van der Waals surface area contributed by atoms with Gasteiger partial charge in [-0.2, -0.15) is 10.1 Å². The van der Waals surface area contributed by atoms with Crippen LogP contribution in [0.4, 0.5) is 0 Å². The van der Waals surface area contributed by atoms with Crippen LogP contribution in [0.15, 0.2) is 36.1 Å². The van der Waals surface area contributed by atoms with Gasteiger partial charge in [-0.3, -0.25) is 4.68 Å². The first-order valence-electron chi connectivity index (χ1n) is 9.47. The van der Waals surface area contributed by atoms with Gasteiger partial charge in [0.25, 0.3) is 0 Å². The van der Waals surface area contributed by atoms with E-state index in [-0.39, 0.29) is 0 Å². The molecule has 2 rings (SSSR count). The minimum absolute atomic E-state index is 0.378. The molecule has 0 atom stereocenters. The highest BCUT2D eigenvalue weighted by Crippen LogP contribution is 2.24. The maximum Gasteiger partial charge on any atom is 0.243 e. The molecule has 0 aliphatic heterocycles.